The fourth-order valence-electron chi connectivity index (χ4n) is 2.67. The minimum Gasteiger partial charge on any atom is -0.478 e. The van der Waals surface area contributed by atoms with E-state index in [1.165, 1.54) is 70.6 Å². The number of hydrogen-bond acceptors (Lipinski definition) is 2. The molecule has 3 nitrogen and oxygen atoms in total. The molecule has 0 heterocycles. The maximum atomic E-state index is 10.6. The minimum absolute atomic E-state index is 0.0843. The zero-order chi connectivity index (χ0) is 16.6. The van der Waals surface area contributed by atoms with Crippen molar-refractivity contribution in [3.05, 3.63) is 12.2 Å². The van der Waals surface area contributed by atoms with Gasteiger partial charge in [0.1, 0.15) is 0 Å². The smallest absolute Gasteiger partial charge is 0.333 e. The van der Waals surface area contributed by atoms with Crippen LogP contribution in [0.3, 0.4) is 0 Å². The van der Waals surface area contributed by atoms with Crippen LogP contribution in [0.5, 0.6) is 0 Å². The quantitative estimate of drug-likeness (QED) is 0.293. The number of carbonyl (C=O) groups is 1. The van der Waals surface area contributed by atoms with E-state index < -0.39 is 12.1 Å². The molecule has 0 saturated heterocycles. The second-order valence-corrected chi connectivity index (χ2v) is 6.38. The van der Waals surface area contributed by atoms with E-state index in [0.29, 0.717) is 6.42 Å². The average Bonchev–Trinajstić information content (AvgIpc) is 2.50. The van der Waals surface area contributed by atoms with Crippen molar-refractivity contribution in [3.8, 4) is 0 Å². The van der Waals surface area contributed by atoms with Crippen molar-refractivity contribution in [1.82, 2.24) is 0 Å². The maximum absolute atomic E-state index is 10.6. The van der Waals surface area contributed by atoms with Crippen molar-refractivity contribution in [2.24, 2.45) is 0 Å². The summed E-state index contributed by atoms with van der Waals surface area (Å²) in [6, 6.07) is 0. The number of carboxylic acids is 1. The third kappa shape index (κ3) is 12.9. The van der Waals surface area contributed by atoms with E-state index in [0.717, 1.165) is 12.8 Å². The summed E-state index contributed by atoms with van der Waals surface area (Å²) in [5.74, 6) is -1.10. The standard InChI is InChI=1S/C19H36O3/c1-3-4-5-6-7-8-9-10-11-12-13-14-15-16-18(20)17(2)19(21)22/h18,20H,2-16H2,1H3,(H,21,22). The normalized spacial score (nSPS) is 12.3. The molecule has 2 N–H and O–H groups in total. The fourth-order valence-corrected chi connectivity index (χ4v) is 2.67. The van der Waals surface area contributed by atoms with Crippen LogP contribution in [0.15, 0.2) is 12.2 Å². The summed E-state index contributed by atoms with van der Waals surface area (Å²) in [5, 5.41) is 18.3. The molecule has 0 saturated carbocycles. The van der Waals surface area contributed by atoms with E-state index in [1.54, 1.807) is 0 Å². The predicted octanol–water partition coefficient (Wildman–Crippen LogP) is 5.47. The lowest BCUT2D eigenvalue weighted by Crippen LogP contribution is -2.16. The molecule has 0 bridgehead atoms. The third-order valence-corrected chi connectivity index (χ3v) is 4.26. The van der Waals surface area contributed by atoms with Crippen molar-refractivity contribution in [2.75, 3.05) is 0 Å². The van der Waals surface area contributed by atoms with Gasteiger partial charge in [-0.2, -0.15) is 0 Å². The second kappa shape index (κ2) is 15.1. The third-order valence-electron chi connectivity index (χ3n) is 4.26. The topological polar surface area (TPSA) is 57.5 Å². The van der Waals surface area contributed by atoms with E-state index >= 15 is 0 Å². The highest BCUT2D eigenvalue weighted by Gasteiger charge is 2.14. The molecule has 3 heteroatoms. The first-order valence-corrected chi connectivity index (χ1v) is 9.19. The summed E-state index contributed by atoms with van der Waals surface area (Å²) in [7, 11) is 0. The Kier molecular flexibility index (Phi) is 14.5. The lowest BCUT2D eigenvalue weighted by atomic mass is 10.0. The molecule has 0 aromatic heterocycles. The highest BCUT2D eigenvalue weighted by atomic mass is 16.4. The van der Waals surface area contributed by atoms with Gasteiger partial charge in [0, 0.05) is 0 Å². The van der Waals surface area contributed by atoms with Gasteiger partial charge in [-0.15, -0.1) is 0 Å². The lowest BCUT2D eigenvalue weighted by molar-refractivity contribution is -0.133. The molecule has 0 radical (unpaired) electrons. The summed E-state index contributed by atoms with van der Waals surface area (Å²) in [6.07, 6.45) is 16.3. The highest BCUT2D eigenvalue weighted by molar-refractivity contribution is 5.86. The van der Waals surface area contributed by atoms with Crippen molar-refractivity contribution in [2.45, 2.75) is 103 Å². The molecule has 0 amide bonds. The number of unbranched alkanes of at least 4 members (excludes halogenated alkanes) is 12. The Hall–Kier alpha value is -0.830. The molecule has 1 unspecified atom stereocenters. The SMILES string of the molecule is C=C(C(=O)O)C(O)CCCCCCCCCCCCCCC. The number of aliphatic carboxylic acids is 1. The van der Waals surface area contributed by atoms with Crippen LogP contribution in [-0.4, -0.2) is 22.3 Å². The molecule has 0 aliphatic rings. The van der Waals surface area contributed by atoms with Crippen molar-refractivity contribution in [3.63, 3.8) is 0 Å². The first-order valence-electron chi connectivity index (χ1n) is 9.19. The van der Waals surface area contributed by atoms with E-state index in [2.05, 4.69) is 13.5 Å². The number of aliphatic hydroxyl groups excluding tert-OH is 1. The Morgan fingerprint density at radius 2 is 1.18 bits per heavy atom. The van der Waals surface area contributed by atoms with Gasteiger partial charge in [-0.1, -0.05) is 97.0 Å². The molecule has 0 aromatic carbocycles. The van der Waals surface area contributed by atoms with Gasteiger partial charge >= 0.3 is 5.97 Å². The number of hydrogen-bond donors (Lipinski definition) is 2. The molecule has 0 aliphatic heterocycles. The van der Waals surface area contributed by atoms with E-state index in [-0.39, 0.29) is 5.57 Å². The van der Waals surface area contributed by atoms with E-state index in [1.807, 2.05) is 0 Å². The molecular formula is C19H36O3. The molecule has 130 valence electrons. The summed E-state index contributed by atoms with van der Waals surface area (Å²) < 4.78 is 0. The van der Waals surface area contributed by atoms with Gasteiger partial charge in [-0.3, -0.25) is 0 Å². The largest absolute Gasteiger partial charge is 0.478 e. The minimum atomic E-state index is -1.10. The van der Waals surface area contributed by atoms with Crippen LogP contribution in [0.2, 0.25) is 0 Å². The maximum Gasteiger partial charge on any atom is 0.333 e. The monoisotopic (exact) mass is 312 g/mol. The zero-order valence-corrected chi connectivity index (χ0v) is 14.5. The molecule has 1 atom stereocenters. The highest BCUT2D eigenvalue weighted by Crippen LogP contribution is 2.14. The van der Waals surface area contributed by atoms with Gasteiger partial charge in [-0.25, -0.2) is 4.79 Å². The Morgan fingerprint density at radius 1 is 0.818 bits per heavy atom. The fraction of sp³-hybridized carbons (Fsp3) is 0.842. The molecular weight excluding hydrogens is 276 g/mol. The zero-order valence-electron chi connectivity index (χ0n) is 14.5. The van der Waals surface area contributed by atoms with E-state index in [9.17, 15) is 9.90 Å². The van der Waals surface area contributed by atoms with Crippen LogP contribution < -0.4 is 0 Å². The number of aliphatic hydroxyl groups is 1. The molecule has 0 fully saturated rings. The molecule has 0 rings (SSSR count). The summed E-state index contributed by atoms with van der Waals surface area (Å²) in [6.45, 7) is 5.64. The first kappa shape index (κ1) is 21.2. The van der Waals surface area contributed by atoms with Crippen LogP contribution in [0.1, 0.15) is 96.8 Å². The Morgan fingerprint density at radius 3 is 1.55 bits per heavy atom. The van der Waals surface area contributed by atoms with Crippen LogP contribution >= 0.6 is 0 Å². The lowest BCUT2D eigenvalue weighted by Gasteiger charge is -2.09. The van der Waals surface area contributed by atoms with Crippen LogP contribution in [-0.2, 0) is 4.79 Å². The summed E-state index contributed by atoms with van der Waals surface area (Å²) in [5.41, 5.74) is -0.0843. The summed E-state index contributed by atoms with van der Waals surface area (Å²) >= 11 is 0. The van der Waals surface area contributed by atoms with Crippen LogP contribution in [0.4, 0.5) is 0 Å². The first-order chi connectivity index (χ1) is 10.6. The van der Waals surface area contributed by atoms with Gasteiger partial charge in [0.15, 0.2) is 0 Å². The van der Waals surface area contributed by atoms with Crippen molar-refractivity contribution in [1.29, 1.82) is 0 Å². The van der Waals surface area contributed by atoms with Crippen molar-refractivity contribution >= 4 is 5.97 Å². The van der Waals surface area contributed by atoms with Crippen LogP contribution in [0.25, 0.3) is 0 Å². The van der Waals surface area contributed by atoms with E-state index in [4.69, 9.17) is 5.11 Å². The van der Waals surface area contributed by atoms with Gasteiger partial charge in [0.25, 0.3) is 0 Å². The van der Waals surface area contributed by atoms with Gasteiger partial charge < -0.3 is 10.2 Å². The molecule has 22 heavy (non-hydrogen) atoms. The van der Waals surface area contributed by atoms with Crippen molar-refractivity contribution < 1.29 is 15.0 Å². The average molecular weight is 312 g/mol. The molecule has 0 spiro atoms. The number of rotatable bonds is 16. The van der Waals surface area contributed by atoms with Gasteiger partial charge in [0.05, 0.1) is 11.7 Å². The van der Waals surface area contributed by atoms with Crippen LogP contribution in [0, 0.1) is 0 Å². The number of carboxylic acid groups (broad SMARTS) is 1. The second-order valence-electron chi connectivity index (χ2n) is 6.38. The van der Waals surface area contributed by atoms with Gasteiger partial charge in [0.2, 0.25) is 0 Å². The predicted molar refractivity (Wildman–Crippen MR) is 93.1 cm³/mol. The Labute approximate surface area is 136 Å². The summed E-state index contributed by atoms with van der Waals surface area (Å²) in [4.78, 5) is 10.6. The van der Waals surface area contributed by atoms with Gasteiger partial charge in [-0.05, 0) is 6.42 Å². The molecule has 0 aromatic rings. The molecule has 0 aliphatic carbocycles. The Balaban J connectivity index is 3.21. The Bertz CT molecular complexity index is 286.